The van der Waals surface area contributed by atoms with Gasteiger partial charge in [0.25, 0.3) is 0 Å². The molecule has 0 amide bonds. The highest BCUT2D eigenvalue weighted by Crippen LogP contribution is 2.27. The Bertz CT molecular complexity index is 472. The van der Waals surface area contributed by atoms with Crippen LogP contribution < -0.4 is 0 Å². The molecule has 0 fully saturated rings. The number of ether oxygens (including phenoxy) is 2. The summed E-state index contributed by atoms with van der Waals surface area (Å²) in [6, 6.07) is 0. The van der Waals surface area contributed by atoms with Crippen molar-refractivity contribution in [1.82, 2.24) is 0 Å². The van der Waals surface area contributed by atoms with E-state index in [1.807, 2.05) is 27.7 Å². The molecule has 0 aliphatic carbocycles. The van der Waals surface area contributed by atoms with Gasteiger partial charge in [-0.3, -0.25) is 0 Å². The van der Waals surface area contributed by atoms with Crippen LogP contribution in [0.25, 0.3) is 0 Å². The molecule has 0 N–H and O–H groups in total. The Hall–Kier alpha value is -1.32. The fraction of sp³-hybridized carbons (Fsp3) is 0.769. The number of allylic oxidation sites excluding steroid dienone is 2. The van der Waals surface area contributed by atoms with Gasteiger partial charge in [-0.2, -0.15) is 8.78 Å². The maximum absolute atomic E-state index is 13.8. The van der Waals surface area contributed by atoms with Gasteiger partial charge < -0.3 is 9.47 Å². The Kier molecular flexibility index (Phi) is 23.3. The molecule has 30 heavy (non-hydrogen) atoms. The van der Waals surface area contributed by atoms with E-state index in [0.717, 1.165) is 18.8 Å². The van der Waals surface area contributed by atoms with E-state index in [1.54, 1.807) is 0 Å². The SMILES string of the molecule is C=C(OC)/C(F)=C(/F)C(=C)OCC(C)CCC(C)C(C)CCC(C)CC.CC.CC. The zero-order valence-electron chi connectivity index (χ0n) is 21.5. The third kappa shape index (κ3) is 15.5. The molecule has 180 valence electrons. The summed E-state index contributed by atoms with van der Waals surface area (Å²) in [5.74, 6) is -0.642. The van der Waals surface area contributed by atoms with E-state index in [2.05, 4.69) is 52.5 Å². The van der Waals surface area contributed by atoms with Crippen LogP contribution in [0.1, 0.15) is 94.4 Å². The van der Waals surface area contributed by atoms with Crippen molar-refractivity contribution in [1.29, 1.82) is 0 Å². The molecule has 0 rings (SSSR count). The van der Waals surface area contributed by atoms with E-state index >= 15 is 0 Å². The van der Waals surface area contributed by atoms with Gasteiger partial charge in [-0.25, -0.2) is 0 Å². The number of hydrogen-bond acceptors (Lipinski definition) is 2. The maximum atomic E-state index is 13.8. The normalized spacial score (nSPS) is 15.1. The highest BCUT2D eigenvalue weighted by Gasteiger charge is 2.17. The molecule has 4 heteroatoms. The van der Waals surface area contributed by atoms with E-state index in [0.29, 0.717) is 18.4 Å². The van der Waals surface area contributed by atoms with Gasteiger partial charge in [0.15, 0.2) is 11.5 Å². The van der Waals surface area contributed by atoms with Crippen LogP contribution in [0.5, 0.6) is 0 Å². The monoisotopic (exact) mass is 432 g/mol. The van der Waals surface area contributed by atoms with Gasteiger partial charge in [0.2, 0.25) is 11.7 Å². The van der Waals surface area contributed by atoms with Crippen LogP contribution in [0.2, 0.25) is 0 Å². The molecule has 4 atom stereocenters. The van der Waals surface area contributed by atoms with Crippen LogP contribution in [0, 0.1) is 23.7 Å². The zero-order valence-corrected chi connectivity index (χ0v) is 21.5. The summed E-state index contributed by atoms with van der Waals surface area (Å²) in [7, 11) is 1.23. The van der Waals surface area contributed by atoms with E-state index in [1.165, 1.54) is 26.4 Å². The molecule has 0 saturated heterocycles. The Morgan fingerprint density at radius 2 is 1.13 bits per heavy atom. The molecule has 0 radical (unpaired) electrons. The van der Waals surface area contributed by atoms with Crippen molar-refractivity contribution in [3.63, 3.8) is 0 Å². The van der Waals surface area contributed by atoms with Crippen molar-refractivity contribution < 1.29 is 18.3 Å². The first kappa shape index (κ1) is 33.3. The van der Waals surface area contributed by atoms with Crippen molar-refractivity contribution in [3.8, 4) is 0 Å². The largest absolute Gasteiger partial charge is 0.494 e. The van der Waals surface area contributed by atoms with E-state index in [-0.39, 0.29) is 17.4 Å². The topological polar surface area (TPSA) is 18.5 Å². The van der Waals surface area contributed by atoms with Crippen LogP contribution in [0.4, 0.5) is 8.78 Å². The summed E-state index contributed by atoms with van der Waals surface area (Å²) < 4.78 is 37.3. The van der Waals surface area contributed by atoms with Crippen molar-refractivity contribution in [3.05, 3.63) is 36.3 Å². The van der Waals surface area contributed by atoms with Gasteiger partial charge in [0.05, 0.1) is 13.7 Å². The third-order valence-electron chi connectivity index (χ3n) is 5.37. The standard InChI is InChI=1S/C22H38F2O2.2C2H6/c1-9-15(2)10-12-17(4)18(5)13-11-16(3)14-26-20(7)22(24)21(23)19(6)25-8;2*1-2/h15-18H,6-7,9-14H2,1-5,8H3;2*1-2H3/b22-21-;;. The van der Waals surface area contributed by atoms with Gasteiger partial charge in [0, 0.05) is 0 Å². The maximum Gasteiger partial charge on any atom is 0.203 e. The second-order valence-corrected chi connectivity index (χ2v) is 7.72. The minimum Gasteiger partial charge on any atom is -0.494 e. The van der Waals surface area contributed by atoms with Crippen molar-refractivity contribution in [2.24, 2.45) is 23.7 Å². The smallest absolute Gasteiger partial charge is 0.203 e. The lowest BCUT2D eigenvalue weighted by Crippen LogP contribution is -2.13. The zero-order chi connectivity index (χ0) is 24.3. The van der Waals surface area contributed by atoms with Gasteiger partial charge in [-0.1, -0.05) is 101 Å². The van der Waals surface area contributed by atoms with Crippen LogP contribution in [0.15, 0.2) is 36.3 Å². The highest BCUT2D eigenvalue weighted by atomic mass is 19.2. The minimum absolute atomic E-state index is 0.248. The number of halogens is 2. The minimum atomic E-state index is -1.17. The third-order valence-corrected chi connectivity index (χ3v) is 5.37. The summed E-state index contributed by atoms with van der Waals surface area (Å²) >= 11 is 0. The van der Waals surface area contributed by atoms with Crippen molar-refractivity contribution in [2.45, 2.75) is 94.4 Å². The molecule has 0 aliphatic heterocycles. The Morgan fingerprint density at radius 3 is 1.53 bits per heavy atom. The molecule has 0 bridgehead atoms. The molecule has 0 aromatic heterocycles. The number of hydrogen-bond donors (Lipinski definition) is 0. The molecule has 0 aliphatic rings. The lowest BCUT2D eigenvalue weighted by molar-refractivity contribution is 0.157. The van der Waals surface area contributed by atoms with Crippen LogP contribution in [-0.4, -0.2) is 13.7 Å². The molecule has 0 aromatic rings. The highest BCUT2D eigenvalue weighted by molar-refractivity contribution is 5.29. The second kappa shape index (κ2) is 20.9. The average molecular weight is 433 g/mol. The first-order valence-electron chi connectivity index (χ1n) is 11.7. The van der Waals surface area contributed by atoms with Crippen LogP contribution >= 0.6 is 0 Å². The fourth-order valence-corrected chi connectivity index (χ4v) is 2.59. The van der Waals surface area contributed by atoms with E-state index in [4.69, 9.17) is 4.74 Å². The Balaban J connectivity index is -0.00000171. The summed E-state index contributed by atoms with van der Waals surface area (Å²) in [6.07, 6.45) is 5.87. The lowest BCUT2D eigenvalue weighted by atomic mass is 9.84. The molecule has 4 unspecified atom stereocenters. The first-order chi connectivity index (χ1) is 14.1. The van der Waals surface area contributed by atoms with Crippen molar-refractivity contribution in [2.75, 3.05) is 13.7 Å². The summed E-state index contributed by atoms with van der Waals surface area (Å²) in [5, 5.41) is 0. The van der Waals surface area contributed by atoms with Gasteiger partial charge >= 0.3 is 0 Å². The van der Waals surface area contributed by atoms with Gasteiger partial charge in [-0.05, 0) is 30.1 Å². The predicted octanol–water partition coefficient (Wildman–Crippen LogP) is 9.39. The molecule has 2 nitrogen and oxygen atoms in total. The molecular formula is C26H50F2O2. The molecular weight excluding hydrogens is 382 g/mol. The average Bonchev–Trinajstić information content (AvgIpc) is 2.79. The molecule has 0 saturated carbocycles. The second-order valence-electron chi connectivity index (χ2n) is 7.72. The number of methoxy groups -OCH3 is 1. The summed E-state index contributed by atoms with van der Waals surface area (Å²) in [5.41, 5.74) is 0. The fourth-order valence-electron chi connectivity index (χ4n) is 2.59. The van der Waals surface area contributed by atoms with Gasteiger partial charge in [0.1, 0.15) is 0 Å². The summed E-state index contributed by atoms with van der Waals surface area (Å²) in [6.45, 7) is 26.2. The Labute approximate surface area is 186 Å². The Morgan fingerprint density at radius 1 is 0.733 bits per heavy atom. The quantitative estimate of drug-likeness (QED) is 0.201. The number of rotatable bonds is 14. The summed E-state index contributed by atoms with van der Waals surface area (Å²) in [4.78, 5) is 0. The molecule has 0 spiro atoms. The van der Waals surface area contributed by atoms with Crippen LogP contribution in [-0.2, 0) is 9.47 Å². The van der Waals surface area contributed by atoms with Crippen LogP contribution in [0.3, 0.4) is 0 Å². The van der Waals surface area contributed by atoms with E-state index < -0.39 is 11.7 Å². The first-order valence-corrected chi connectivity index (χ1v) is 11.7. The molecule has 0 aromatic carbocycles. The van der Waals surface area contributed by atoms with Gasteiger partial charge in [-0.15, -0.1) is 0 Å². The van der Waals surface area contributed by atoms with Crippen molar-refractivity contribution >= 4 is 0 Å². The predicted molar refractivity (Wildman–Crippen MR) is 129 cm³/mol. The molecule has 0 heterocycles. The lowest BCUT2D eigenvalue weighted by Gasteiger charge is -2.23. The van der Waals surface area contributed by atoms with E-state index in [9.17, 15) is 8.78 Å².